The Morgan fingerprint density at radius 1 is 1.78 bits per heavy atom. The molecule has 54 valence electrons. The molecule has 0 atom stereocenters. The standard InChI is InChI=1S/C5H7ClO2.H3N/c1-2-5(7)8-4-3-6;/h2H,1,3-4H2;1H3. The number of esters is 1. The molecule has 0 aliphatic heterocycles. The average Bonchev–Trinajstić information content (AvgIpc) is 1.83. The normalized spacial score (nSPS) is 7.22. The summed E-state index contributed by atoms with van der Waals surface area (Å²) in [6.07, 6.45) is 1.10. The third-order valence-electron chi connectivity index (χ3n) is 0.488. The lowest BCUT2D eigenvalue weighted by Gasteiger charge is -1.93. The fourth-order valence-electron chi connectivity index (χ4n) is 0.198. The van der Waals surface area contributed by atoms with Gasteiger partial charge in [0.25, 0.3) is 0 Å². The van der Waals surface area contributed by atoms with Gasteiger partial charge >= 0.3 is 5.97 Å². The van der Waals surface area contributed by atoms with E-state index in [2.05, 4.69) is 11.3 Å². The van der Waals surface area contributed by atoms with Gasteiger partial charge in [0, 0.05) is 6.08 Å². The van der Waals surface area contributed by atoms with E-state index in [4.69, 9.17) is 11.6 Å². The van der Waals surface area contributed by atoms with E-state index in [0.717, 1.165) is 6.08 Å². The molecule has 4 heteroatoms. The zero-order valence-corrected chi connectivity index (χ0v) is 5.86. The highest BCUT2D eigenvalue weighted by atomic mass is 35.5. The Kier molecular flexibility index (Phi) is 9.35. The molecule has 0 aromatic rings. The summed E-state index contributed by atoms with van der Waals surface area (Å²) in [4.78, 5) is 10.2. The number of hydrogen-bond donors (Lipinski definition) is 1. The van der Waals surface area contributed by atoms with E-state index in [9.17, 15) is 4.79 Å². The molecule has 0 aromatic carbocycles. The second kappa shape index (κ2) is 7.46. The third-order valence-corrected chi connectivity index (χ3v) is 0.642. The Morgan fingerprint density at radius 2 is 2.33 bits per heavy atom. The van der Waals surface area contributed by atoms with Crippen LogP contribution in [0.25, 0.3) is 0 Å². The molecule has 0 aliphatic carbocycles. The lowest BCUT2D eigenvalue weighted by atomic mass is 10.6. The molecule has 0 bridgehead atoms. The smallest absolute Gasteiger partial charge is 0.330 e. The second-order valence-electron chi connectivity index (χ2n) is 1.06. The molecule has 0 spiro atoms. The maximum Gasteiger partial charge on any atom is 0.330 e. The van der Waals surface area contributed by atoms with Crippen molar-refractivity contribution in [1.82, 2.24) is 6.15 Å². The van der Waals surface area contributed by atoms with E-state index >= 15 is 0 Å². The van der Waals surface area contributed by atoms with E-state index in [1.807, 2.05) is 0 Å². The van der Waals surface area contributed by atoms with Gasteiger partial charge in [0.2, 0.25) is 0 Å². The Hall–Kier alpha value is -0.540. The molecule has 0 fully saturated rings. The van der Waals surface area contributed by atoms with E-state index in [1.54, 1.807) is 0 Å². The number of halogens is 1. The first kappa shape index (κ1) is 11.3. The Bertz CT molecular complexity index is 95.0. The maximum absolute atomic E-state index is 10.2. The van der Waals surface area contributed by atoms with Crippen molar-refractivity contribution in [3.63, 3.8) is 0 Å². The summed E-state index contributed by atoms with van der Waals surface area (Å²) in [5.74, 6) is -0.0924. The van der Waals surface area contributed by atoms with Crippen LogP contribution in [-0.2, 0) is 9.53 Å². The van der Waals surface area contributed by atoms with Crippen LogP contribution in [0.2, 0.25) is 0 Å². The Labute approximate surface area is 59.2 Å². The molecule has 9 heavy (non-hydrogen) atoms. The molecule has 3 N–H and O–H groups in total. The summed E-state index contributed by atoms with van der Waals surface area (Å²) < 4.78 is 4.45. The highest BCUT2D eigenvalue weighted by Crippen LogP contribution is 1.80. The molecular formula is C5H10ClNO2. The Balaban J connectivity index is 0. The fraction of sp³-hybridized carbons (Fsp3) is 0.400. The van der Waals surface area contributed by atoms with Crippen molar-refractivity contribution < 1.29 is 9.53 Å². The minimum Gasteiger partial charge on any atom is -0.461 e. The van der Waals surface area contributed by atoms with Crippen LogP contribution in [0.4, 0.5) is 0 Å². The predicted molar refractivity (Wildman–Crippen MR) is 36.9 cm³/mol. The van der Waals surface area contributed by atoms with Crippen molar-refractivity contribution in [2.45, 2.75) is 0 Å². The first-order chi connectivity index (χ1) is 3.81. The molecule has 0 saturated heterocycles. The quantitative estimate of drug-likeness (QED) is 0.374. The number of carbonyl (C=O) groups excluding carboxylic acids is 1. The minimum absolute atomic E-state index is 0. The average molecular weight is 152 g/mol. The number of ether oxygens (including phenoxy) is 1. The molecule has 3 nitrogen and oxygen atoms in total. The van der Waals surface area contributed by atoms with Gasteiger partial charge in [0.1, 0.15) is 6.61 Å². The SMILES string of the molecule is C=CC(=O)OCCCl.N. The van der Waals surface area contributed by atoms with Crippen LogP contribution in [-0.4, -0.2) is 18.5 Å². The molecule has 0 unspecified atom stereocenters. The van der Waals surface area contributed by atoms with Crippen molar-refractivity contribution in [3.05, 3.63) is 12.7 Å². The van der Waals surface area contributed by atoms with Crippen molar-refractivity contribution in [3.8, 4) is 0 Å². The van der Waals surface area contributed by atoms with Crippen LogP contribution in [0.3, 0.4) is 0 Å². The van der Waals surface area contributed by atoms with Gasteiger partial charge in [-0.1, -0.05) is 6.58 Å². The van der Waals surface area contributed by atoms with Crippen molar-refractivity contribution in [1.29, 1.82) is 0 Å². The lowest BCUT2D eigenvalue weighted by molar-refractivity contribution is -0.137. The molecule has 0 heterocycles. The van der Waals surface area contributed by atoms with Gasteiger partial charge in [-0.2, -0.15) is 0 Å². The van der Waals surface area contributed by atoms with Gasteiger partial charge in [0.05, 0.1) is 5.88 Å². The molecule has 0 saturated carbocycles. The van der Waals surface area contributed by atoms with Crippen LogP contribution in [0.1, 0.15) is 0 Å². The van der Waals surface area contributed by atoms with Gasteiger partial charge in [-0.15, -0.1) is 11.6 Å². The highest BCUT2D eigenvalue weighted by molar-refractivity contribution is 6.18. The second-order valence-corrected chi connectivity index (χ2v) is 1.44. The van der Waals surface area contributed by atoms with E-state index in [-0.39, 0.29) is 12.8 Å². The summed E-state index contributed by atoms with van der Waals surface area (Å²) in [6, 6.07) is 0. The molecule has 0 aliphatic rings. The fourth-order valence-corrected chi connectivity index (χ4v) is 0.275. The zero-order valence-electron chi connectivity index (χ0n) is 5.10. The summed E-state index contributed by atoms with van der Waals surface area (Å²) >= 11 is 5.19. The molecule has 0 amide bonds. The van der Waals surface area contributed by atoms with Crippen molar-refractivity contribution in [2.24, 2.45) is 0 Å². The van der Waals surface area contributed by atoms with Crippen molar-refractivity contribution >= 4 is 17.6 Å². The maximum atomic E-state index is 10.2. The summed E-state index contributed by atoms with van der Waals surface area (Å²) in [7, 11) is 0. The number of carbonyl (C=O) groups is 1. The third kappa shape index (κ3) is 7.46. The van der Waals surface area contributed by atoms with Crippen molar-refractivity contribution in [2.75, 3.05) is 12.5 Å². The molecular weight excluding hydrogens is 142 g/mol. The highest BCUT2D eigenvalue weighted by Gasteiger charge is 1.90. The van der Waals surface area contributed by atoms with Gasteiger partial charge in [-0.3, -0.25) is 0 Å². The van der Waals surface area contributed by atoms with Crippen LogP contribution in [0.15, 0.2) is 12.7 Å². The van der Waals surface area contributed by atoms with Crippen LogP contribution in [0.5, 0.6) is 0 Å². The summed E-state index contributed by atoms with van der Waals surface area (Å²) in [6.45, 7) is 3.45. The van der Waals surface area contributed by atoms with Crippen LogP contribution in [0, 0.1) is 0 Å². The van der Waals surface area contributed by atoms with Crippen LogP contribution < -0.4 is 6.15 Å². The van der Waals surface area contributed by atoms with Gasteiger partial charge in [0.15, 0.2) is 0 Å². The largest absolute Gasteiger partial charge is 0.461 e. The first-order valence-corrected chi connectivity index (χ1v) is 2.70. The van der Waals surface area contributed by atoms with Gasteiger partial charge in [-0.25, -0.2) is 4.79 Å². The minimum atomic E-state index is -0.425. The first-order valence-electron chi connectivity index (χ1n) is 2.16. The lowest BCUT2D eigenvalue weighted by Crippen LogP contribution is -2.01. The molecule has 0 rings (SSSR count). The number of alkyl halides is 1. The number of hydrogen-bond acceptors (Lipinski definition) is 3. The molecule has 0 aromatic heterocycles. The molecule has 0 radical (unpaired) electrons. The van der Waals surface area contributed by atoms with Gasteiger partial charge < -0.3 is 10.9 Å². The van der Waals surface area contributed by atoms with E-state index in [0.29, 0.717) is 5.88 Å². The summed E-state index contributed by atoms with van der Waals surface area (Å²) in [5.41, 5.74) is 0. The summed E-state index contributed by atoms with van der Waals surface area (Å²) in [5, 5.41) is 0. The zero-order chi connectivity index (χ0) is 6.41. The van der Waals surface area contributed by atoms with E-state index < -0.39 is 5.97 Å². The van der Waals surface area contributed by atoms with E-state index in [1.165, 1.54) is 0 Å². The Morgan fingerprint density at radius 3 is 2.67 bits per heavy atom. The topological polar surface area (TPSA) is 61.3 Å². The predicted octanol–water partition coefficient (Wildman–Crippen LogP) is 1.12. The van der Waals surface area contributed by atoms with Crippen LogP contribution >= 0.6 is 11.6 Å². The van der Waals surface area contributed by atoms with Gasteiger partial charge in [-0.05, 0) is 0 Å². The monoisotopic (exact) mass is 151 g/mol. The number of rotatable bonds is 3.